The molecule has 0 aliphatic carbocycles. The second-order valence-electron chi connectivity index (χ2n) is 4.92. The summed E-state index contributed by atoms with van der Waals surface area (Å²) < 4.78 is 5.74. The van der Waals surface area contributed by atoms with Crippen molar-refractivity contribution in [1.82, 2.24) is 10.2 Å². The molecule has 0 spiro atoms. The summed E-state index contributed by atoms with van der Waals surface area (Å²) in [7, 11) is 4.09. The van der Waals surface area contributed by atoms with Crippen LogP contribution < -0.4 is 5.32 Å². The molecule has 0 aliphatic rings. The Bertz CT molecular complexity index is 318. The maximum absolute atomic E-state index is 5.74. The van der Waals surface area contributed by atoms with Crippen LogP contribution in [0.2, 0.25) is 0 Å². The molecule has 0 atom stereocenters. The van der Waals surface area contributed by atoms with E-state index in [4.69, 9.17) is 4.42 Å². The van der Waals surface area contributed by atoms with Crippen molar-refractivity contribution in [1.29, 1.82) is 0 Å². The van der Waals surface area contributed by atoms with Gasteiger partial charge in [-0.05, 0) is 33.0 Å². The third-order valence-electron chi connectivity index (χ3n) is 2.54. The Hall–Kier alpha value is -0.800. The van der Waals surface area contributed by atoms with Gasteiger partial charge in [0.2, 0.25) is 0 Å². The van der Waals surface area contributed by atoms with E-state index in [-0.39, 0.29) is 0 Å². The first-order valence-corrected chi connectivity index (χ1v) is 5.94. The largest absolute Gasteiger partial charge is 0.465 e. The number of hydrogen-bond acceptors (Lipinski definition) is 3. The summed E-state index contributed by atoms with van der Waals surface area (Å²) in [5.41, 5.74) is 1.26. The molecule has 0 amide bonds. The Morgan fingerprint density at radius 2 is 2.12 bits per heavy atom. The number of rotatable bonds is 6. The van der Waals surface area contributed by atoms with Gasteiger partial charge in [0, 0.05) is 18.7 Å². The van der Waals surface area contributed by atoms with Crippen LogP contribution >= 0.6 is 0 Å². The minimum atomic E-state index is 0.692. The van der Waals surface area contributed by atoms with Gasteiger partial charge in [-0.1, -0.05) is 13.8 Å². The van der Waals surface area contributed by atoms with Gasteiger partial charge >= 0.3 is 0 Å². The lowest BCUT2D eigenvalue weighted by molar-refractivity contribution is 0.263. The fourth-order valence-electron chi connectivity index (χ4n) is 1.99. The van der Waals surface area contributed by atoms with Crippen LogP contribution in [0.15, 0.2) is 10.5 Å². The molecule has 0 bridgehead atoms. The molecule has 0 aromatic carbocycles. The highest BCUT2D eigenvalue weighted by molar-refractivity contribution is 5.20. The lowest BCUT2D eigenvalue weighted by Crippen LogP contribution is -2.22. The molecule has 1 N–H and O–H groups in total. The van der Waals surface area contributed by atoms with Gasteiger partial charge in [0.1, 0.15) is 11.5 Å². The van der Waals surface area contributed by atoms with Gasteiger partial charge in [0.25, 0.3) is 0 Å². The highest BCUT2D eigenvalue weighted by Crippen LogP contribution is 2.16. The summed E-state index contributed by atoms with van der Waals surface area (Å²) in [5.74, 6) is 2.78. The summed E-state index contributed by atoms with van der Waals surface area (Å²) in [6, 6.07) is 2.16. The minimum Gasteiger partial charge on any atom is -0.465 e. The van der Waals surface area contributed by atoms with Gasteiger partial charge in [-0.15, -0.1) is 0 Å². The molecule has 0 saturated heterocycles. The van der Waals surface area contributed by atoms with Crippen molar-refractivity contribution < 1.29 is 4.42 Å². The third-order valence-corrected chi connectivity index (χ3v) is 2.54. The van der Waals surface area contributed by atoms with E-state index < -0.39 is 0 Å². The number of hydrogen-bond donors (Lipinski definition) is 1. The molecule has 92 valence electrons. The van der Waals surface area contributed by atoms with E-state index in [9.17, 15) is 0 Å². The number of nitrogens with zero attached hydrogens (tertiary/aromatic N) is 1. The van der Waals surface area contributed by atoms with E-state index in [0.717, 1.165) is 31.2 Å². The first kappa shape index (κ1) is 13.3. The number of aryl methyl sites for hydroxylation is 1. The molecule has 0 saturated carbocycles. The lowest BCUT2D eigenvalue weighted by Gasteiger charge is -2.17. The molecule has 0 unspecified atom stereocenters. The molecule has 1 rings (SSSR count). The predicted molar refractivity (Wildman–Crippen MR) is 67.4 cm³/mol. The molecule has 0 fully saturated rings. The molecule has 3 heteroatoms. The Labute approximate surface area is 98.8 Å². The van der Waals surface area contributed by atoms with Crippen molar-refractivity contribution in [3.8, 4) is 0 Å². The van der Waals surface area contributed by atoms with Crippen molar-refractivity contribution in [2.75, 3.05) is 20.6 Å². The van der Waals surface area contributed by atoms with Crippen LogP contribution in [-0.4, -0.2) is 25.5 Å². The molecular weight excluding hydrogens is 200 g/mol. The van der Waals surface area contributed by atoms with E-state index >= 15 is 0 Å². The third kappa shape index (κ3) is 3.99. The van der Waals surface area contributed by atoms with Crippen LogP contribution in [0.4, 0.5) is 0 Å². The normalized spacial score (nSPS) is 11.7. The molecular formula is C13H24N2O. The highest BCUT2D eigenvalue weighted by atomic mass is 16.3. The van der Waals surface area contributed by atoms with Gasteiger partial charge in [-0.3, -0.25) is 4.90 Å². The van der Waals surface area contributed by atoms with E-state index in [2.05, 4.69) is 37.2 Å². The Morgan fingerprint density at radius 1 is 1.44 bits per heavy atom. The Morgan fingerprint density at radius 3 is 2.69 bits per heavy atom. The van der Waals surface area contributed by atoms with E-state index in [1.54, 1.807) is 0 Å². The fraction of sp³-hybridized carbons (Fsp3) is 0.692. The first-order chi connectivity index (χ1) is 7.52. The highest BCUT2D eigenvalue weighted by Gasteiger charge is 2.09. The number of nitrogens with one attached hydrogen (secondary N) is 1. The van der Waals surface area contributed by atoms with Gasteiger partial charge in [-0.25, -0.2) is 0 Å². The average Bonchev–Trinajstić information content (AvgIpc) is 2.45. The molecule has 1 aromatic rings. The summed E-state index contributed by atoms with van der Waals surface area (Å²) in [4.78, 5) is 2.30. The van der Waals surface area contributed by atoms with Crippen molar-refractivity contribution >= 4 is 0 Å². The lowest BCUT2D eigenvalue weighted by atomic mass is 10.2. The SMILES string of the molecule is CNCc1cc(CN(C)CC(C)C)oc1C. The number of furan rings is 1. The fourth-order valence-corrected chi connectivity index (χ4v) is 1.99. The Kier molecular flexibility index (Phi) is 5.03. The summed E-state index contributed by atoms with van der Waals surface area (Å²) in [6.07, 6.45) is 0. The van der Waals surface area contributed by atoms with Crippen LogP contribution in [-0.2, 0) is 13.1 Å². The van der Waals surface area contributed by atoms with Crippen LogP contribution in [0, 0.1) is 12.8 Å². The second kappa shape index (κ2) is 6.06. The maximum Gasteiger partial charge on any atom is 0.118 e. The van der Waals surface area contributed by atoms with Crippen molar-refractivity contribution in [3.63, 3.8) is 0 Å². The standard InChI is InChI=1S/C13H24N2O/c1-10(2)8-15(5)9-13-6-12(7-14-4)11(3)16-13/h6,10,14H,7-9H2,1-5H3. The zero-order valence-electron chi connectivity index (χ0n) is 11.1. The van der Waals surface area contributed by atoms with Gasteiger partial charge < -0.3 is 9.73 Å². The van der Waals surface area contributed by atoms with Crippen LogP contribution in [0.3, 0.4) is 0 Å². The van der Waals surface area contributed by atoms with Crippen LogP contribution in [0.25, 0.3) is 0 Å². The maximum atomic E-state index is 5.74. The van der Waals surface area contributed by atoms with Crippen molar-refractivity contribution in [2.45, 2.75) is 33.9 Å². The quantitative estimate of drug-likeness (QED) is 0.804. The zero-order chi connectivity index (χ0) is 12.1. The molecule has 1 aromatic heterocycles. The molecule has 1 heterocycles. The van der Waals surface area contributed by atoms with Gasteiger partial charge in [0.05, 0.1) is 6.54 Å². The monoisotopic (exact) mass is 224 g/mol. The van der Waals surface area contributed by atoms with Gasteiger partial charge in [-0.2, -0.15) is 0 Å². The molecule has 0 aliphatic heterocycles. The smallest absolute Gasteiger partial charge is 0.118 e. The van der Waals surface area contributed by atoms with Crippen molar-refractivity contribution in [2.24, 2.45) is 5.92 Å². The second-order valence-corrected chi connectivity index (χ2v) is 4.92. The van der Waals surface area contributed by atoms with Crippen molar-refractivity contribution in [3.05, 3.63) is 23.2 Å². The topological polar surface area (TPSA) is 28.4 Å². The van der Waals surface area contributed by atoms with E-state index in [1.807, 2.05) is 14.0 Å². The summed E-state index contributed by atoms with van der Waals surface area (Å²) in [6.45, 7) is 9.36. The minimum absolute atomic E-state index is 0.692. The first-order valence-electron chi connectivity index (χ1n) is 5.94. The van der Waals surface area contributed by atoms with Gasteiger partial charge in [0.15, 0.2) is 0 Å². The molecule has 0 radical (unpaired) electrons. The van der Waals surface area contributed by atoms with Crippen LogP contribution in [0.1, 0.15) is 30.9 Å². The summed E-state index contributed by atoms with van der Waals surface area (Å²) >= 11 is 0. The predicted octanol–water partition coefficient (Wildman–Crippen LogP) is 2.40. The average molecular weight is 224 g/mol. The van der Waals surface area contributed by atoms with Crippen LogP contribution in [0.5, 0.6) is 0 Å². The van der Waals surface area contributed by atoms with E-state index in [0.29, 0.717) is 5.92 Å². The van der Waals surface area contributed by atoms with E-state index in [1.165, 1.54) is 5.56 Å². The molecule has 3 nitrogen and oxygen atoms in total. The summed E-state index contributed by atoms with van der Waals surface area (Å²) in [5, 5.41) is 3.15. The molecule has 16 heavy (non-hydrogen) atoms. The Balaban J connectivity index is 2.57. The zero-order valence-corrected chi connectivity index (χ0v) is 11.1.